The molecule has 2 heterocycles. The summed E-state index contributed by atoms with van der Waals surface area (Å²) in [7, 11) is 0. The van der Waals surface area contributed by atoms with Crippen LogP contribution in [-0.4, -0.2) is 26.5 Å². The zero-order chi connectivity index (χ0) is 20.0. The van der Waals surface area contributed by atoms with E-state index < -0.39 is 6.17 Å². The monoisotopic (exact) mass is 381 g/mol. The largest absolute Gasteiger partial charge is 0.268 e. The first-order valence-electron chi connectivity index (χ1n) is 9.70. The molecule has 0 saturated heterocycles. The summed E-state index contributed by atoms with van der Waals surface area (Å²) in [5, 5.41) is 5.87. The molecule has 2 amide bonds. The second-order valence-corrected chi connectivity index (χ2v) is 7.09. The average Bonchev–Trinajstić information content (AvgIpc) is 3.27. The molecule has 1 aromatic heterocycles. The fraction of sp³-hybridized carbons (Fsp3) is 0.125. The molecule has 0 saturated carbocycles. The zero-order valence-electron chi connectivity index (χ0n) is 15.9. The van der Waals surface area contributed by atoms with Crippen molar-refractivity contribution < 1.29 is 9.59 Å². The van der Waals surface area contributed by atoms with Crippen LogP contribution in [0, 0.1) is 0 Å². The van der Waals surface area contributed by atoms with Crippen LogP contribution < -0.4 is 0 Å². The van der Waals surface area contributed by atoms with Gasteiger partial charge in [0.1, 0.15) is 11.9 Å². The molecule has 0 N–H and O–H groups in total. The van der Waals surface area contributed by atoms with E-state index in [2.05, 4.69) is 0 Å². The summed E-state index contributed by atoms with van der Waals surface area (Å²) >= 11 is 0. The van der Waals surface area contributed by atoms with Crippen molar-refractivity contribution in [1.29, 1.82) is 0 Å². The van der Waals surface area contributed by atoms with Crippen LogP contribution in [0.1, 0.15) is 40.2 Å². The van der Waals surface area contributed by atoms with E-state index in [9.17, 15) is 9.59 Å². The highest BCUT2D eigenvalue weighted by atomic mass is 16.2. The van der Waals surface area contributed by atoms with Gasteiger partial charge in [-0.15, -0.1) is 0 Å². The molecule has 5 rings (SSSR count). The Bertz CT molecular complexity index is 1210. The predicted molar refractivity (Wildman–Crippen MR) is 111 cm³/mol. The Hall–Kier alpha value is -3.73. The van der Waals surface area contributed by atoms with Crippen LogP contribution in [-0.2, 0) is 0 Å². The minimum absolute atomic E-state index is 0.265. The molecule has 0 bridgehead atoms. The van der Waals surface area contributed by atoms with Gasteiger partial charge in [-0.25, -0.2) is 4.68 Å². The molecule has 5 heteroatoms. The van der Waals surface area contributed by atoms with Crippen LogP contribution in [0.3, 0.4) is 0 Å². The van der Waals surface area contributed by atoms with Crippen molar-refractivity contribution in [1.82, 2.24) is 14.7 Å². The molecule has 0 spiro atoms. The summed E-state index contributed by atoms with van der Waals surface area (Å²) in [4.78, 5) is 27.5. The van der Waals surface area contributed by atoms with E-state index in [4.69, 9.17) is 5.10 Å². The van der Waals surface area contributed by atoms with Crippen molar-refractivity contribution in [2.75, 3.05) is 0 Å². The molecule has 0 fully saturated rings. The minimum Gasteiger partial charge on any atom is -0.268 e. The van der Waals surface area contributed by atoms with E-state index in [1.807, 2.05) is 66.2 Å². The van der Waals surface area contributed by atoms with Crippen molar-refractivity contribution in [3.8, 4) is 11.3 Å². The molecule has 29 heavy (non-hydrogen) atoms. The van der Waals surface area contributed by atoms with Gasteiger partial charge in [0, 0.05) is 10.9 Å². The first kappa shape index (κ1) is 17.4. The van der Waals surface area contributed by atoms with Gasteiger partial charge in [-0.3, -0.25) is 14.5 Å². The van der Waals surface area contributed by atoms with Gasteiger partial charge in [-0.05, 0) is 24.6 Å². The van der Waals surface area contributed by atoms with E-state index in [0.717, 1.165) is 22.2 Å². The molecular formula is C24H19N3O2. The molecule has 1 unspecified atom stereocenters. The SMILES string of the molecule is CCC(N1C(=O)c2ccccc2C1=O)n1nc(-c2ccccc2)c2ccccc21. The third kappa shape index (κ3) is 2.58. The van der Waals surface area contributed by atoms with Gasteiger partial charge in [-0.2, -0.15) is 5.10 Å². The first-order valence-corrected chi connectivity index (χ1v) is 9.70. The predicted octanol–water partition coefficient (Wildman–Crippen LogP) is 4.91. The molecule has 142 valence electrons. The van der Waals surface area contributed by atoms with E-state index >= 15 is 0 Å². The number of para-hydroxylation sites is 1. The summed E-state index contributed by atoms with van der Waals surface area (Å²) < 4.78 is 1.82. The lowest BCUT2D eigenvalue weighted by atomic mass is 10.1. The minimum atomic E-state index is -0.496. The number of carbonyl (C=O) groups excluding carboxylic acids is 2. The van der Waals surface area contributed by atoms with Gasteiger partial charge < -0.3 is 0 Å². The van der Waals surface area contributed by atoms with Gasteiger partial charge in [0.05, 0.1) is 16.6 Å². The number of imide groups is 1. The molecule has 1 aliphatic rings. The molecule has 0 aliphatic carbocycles. The summed E-state index contributed by atoms with van der Waals surface area (Å²) in [6, 6.07) is 24.9. The number of hydrogen-bond donors (Lipinski definition) is 0. The summed E-state index contributed by atoms with van der Waals surface area (Å²) in [5.74, 6) is -0.531. The number of rotatable bonds is 4. The quantitative estimate of drug-likeness (QED) is 0.472. The van der Waals surface area contributed by atoms with Gasteiger partial charge >= 0.3 is 0 Å². The van der Waals surface area contributed by atoms with E-state index in [0.29, 0.717) is 17.5 Å². The Labute approximate surface area is 168 Å². The van der Waals surface area contributed by atoms with Crippen molar-refractivity contribution in [3.63, 3.8) is 0 Å². The second kappa shape index (κ2) is 6.71. The Morgan fingerprint density at radius 1 is 0.793 bits per heavy atom. The molecule has 4 aromatic rings. The Morgan fingerprint density at radius 2 is 1.38 bits per heavy atom. The molecule has 0 radical (unpaired) electrons. The normalized spacial score (nSPS) is 14.4. The van der Waals surface area contributed by atoms with Gasteiger partial charge in [0.2, 0.25) is 0 Å². The third-order valence-electron chi connectivity index (χ3n) is 5.43. The van der Waals surface area contributed by atoms with Gasteiger partial charge in [-0.1, -0.05) is 67.6 Å². The molecule has 5 nitrogen and oxygen atoms in total. The Balaban J connectivity index is 1.67. The maximum Gasteiger partial charge on any atom is 0.263 e. The number of amides is 2. The topological polar surface area (TPSA) is 55.2 Å². The van der Waals surface area contributed by atoms with Crippen LogP contribution in [0.15, 0.2) is 78.9 Å². The number of carbonyl (C=O) groups is 2. The maximum absolute atomic E-state index is 13.1. The molecule has 1 aliphatic heterocycles. The van der Waals surface area contributed by atoms with Crippen molar-refractivity contribution in [3.05, 3.63) is 90.0 Å². The highest BCUT2D eigenvalue weighted by Crippen LogP contribution is 2.35. The average molecular weight is 381 g/mol. The number of fused-ring (bicyclic) bond motifs is 2. The van der Waals surface area contributed by atoms with Crippen LogP contribution in [0.2, 0.25) is 0 Å². The third-order valence-corrected chi connectivity index (χ3v) is 5.43. The fourth-order valence-corrected chi connectivity index (χ4v) is 4.07. The van der Waals surface area contributed by atoms with E-state index in [1.165, 1.54) is 4.90 Å². The van der Waals surface area contributed by atoms with Crippen molar-refractivity contribution >= 4 is 22.7 Å². The summed E-state index contributed by atoms with van der Waals surface area (Å²) in [5.41, 5.74) is 3.65. The van der Waals surface area contributed by atoms with Crippen LogP contribution >= 0.6 is 0 Å². The van der Waals surface area contributed by atoms with Crippen molar-refractivity contribution in [2.24, 2.45) is 0 Å². The number of hydrogen-bond acceptors (Lipinski definition) is 3. The maximum atomic E-state index is 13.1. The molecular weight excluding hydrogens is 362 g/mol. The summed E-state index contributed by atoms with van der Waals surface area (Å²) in [6.45, 7) is 1.97. The van der Waals surface area contributed by atoms with Gasteiger partial charge in [0.25, 0.3) is 11.8 Å². The van der Waals surface area contributed by atoms with E-state index in [1.54, 1.807) is 24.3 Å². The molecule has 3 aromatic carbocycles. The lowest BCUT2D eigenvalue weighted by molar-refractivity contribution is 0.0496. The Morgan fingerprint density at radius 3 is 2.03 bits per heavy atom. The lowest BCUT2D eigenvalue weighted by Gasteiger charge is -2.26. The second-order valence-electron chi connectivity index (χ2n) is 7.09. The number of benzene rings is 3. The fourth-order valence-electron chi connectivity index (χ4n) is 4.07. The van der Waals surface area contributed by atoms with E-state index in [-0.39, 0.29) is 11.8 Å². The number of aromatic nitrogens is 2. The smallest absolute Gasteiger partial charge is 0.263 e. The zero-order valence-corrected chi connectivity index (χ0v) is 15.9. The van der Waals surface area contributed by atoms with Crippen LogP contribution in [0.4, 0.5) is 0 Å². The standard InChI is InChI=1S/C24H19N3O2/c1-2-21(26-23(28)17-12-6-7-13-18(17)24(26)29)27-20-15-9-8-14-19(20)22(25-27)16-10-4-3-5-11-16/h3-15,21H,2H2,1H3. The van der Waals surface area contributed by atoms with Crippen LogP contribution in [0.25, 0.3) is 22.2 Å². The highest BCUT2D eigenvalue weighted by molar-refractivity contribution is 6.21. The highest BCUT2D eigenvalue weighted by Gasteiger charge is 2.40. The first-order chi connectivity index (χ1) is 14.2. The molecule has 1 atom stereocenters. The lowest BCUT2D eigenvalue weighted by Crippen LogP contribution is -2.37. The van der Waals surface area contributed by atoms with Crippen LogP contribution in [0.5, 0.6) is 0 Å². The van der Waals surface area contributed by atoms with Gasteiger partial charge in [0.15, 0.2) is 0 Å². The van der Waals surface area contributed by atoms with Crippen molar-refractivity contribution in [2.45, 2.75) is 19.5 Å². The Kier molecular flexibility index (Phi) is 4.02. The summed E-state index contributed by atoms with van der Waals surface area (Å²) in [6.07, 6.45) is 0.0653. The number of nitrogens with zero attached hydrogens (tertiary/aromatic N) is 3.